The second-order valence-electron chi connectivity index (χ2n) is 15.0. The van der Waals surface area contributed by atoms with Crippen LogP contribution in [0.25, 0.3) is 0 Å². The first-order valence-corrected chi connectivity index (χ1v) is 22.2. The Hall–Kier alpha value is -1.77. The third-order valence-corrected chi connectivity index (χ3v) is 9.63. The molecule has 0 fully saturated rings. The standard InChI is InChI=1S/C42H78NO8P/c1-6-8-10-12-14-16-18-20-21-23-25-27-29-31-33-35-42(45)51-40(39-50-52(46,47)49-37-36-43(3,4)5)38-48-41(44)34-32-30-28-26-24-22-19-17-15-13-11-9-7-2/h14,16,20-21,25,27,40H,6-13,15,17-19,22-24,26,28-39H2,1-5H3/b16-14-,21-20-,27-25-. The van der Waals surface area contributed by atoms with E-state index in [4.69, 9.17) is 18.5 Å². The molecule has 0 N–H and O–H groups in total. The summed E-state index contributed by atoms with van der Waals surface area (Å²) in [5.41, 5.74) is 0. The first-order valence-electron chi connectivity index (χ1n) is 20.7. The van der Waals surface area contributed by atoms with E-state index in [0.717, 1.165) is 51.4 Å². The van der Waals surface area contributed by atoms with Crippen LogP contribution >= 0.6 is 7.82 Å². The molecular formula is C42H78NO8P. The van der Waals surface area contributed by atoms with Crippen molar-refractivity contribution in [1.29, 1.82) is 0 Å². The molecule has 9 nitrogen and oxygen atoms in total. The molecule has 0 aromatic heterocycles. The van der Waals surface area contributed by atoms with E-state index in [1.54, 1.807) is 0 Å². The Morgan fingerprint density at radius 2 is 1.04 bits per heavy atom. The molecule has 304 valence electrons. The van der Waals surface area contributed by atoms with Crippen LogP contribution in [0.15, 0.2) is 36.5 Å². The predicted molar refractivity (Wildman–Crippen MR) is 213 cm³/mol. The van der Waals surface area contributed by atoms with Gasteiger partial charge in [0.2, 0.25) is 0 Å². The van der Waals surface area contributed by atoms with E-state index in [0.29, 0.717) is 17.4 Å². The molecule has 0 amide bonds. The van der Waals surface area contributed by atoms with Gasteiger partial charge in [-0.15, -0.1) is 0 Å². The topological polar surface area (TPSA) is 111 Å². The molecule has 0 aliphatic carbocycles. The number of allylic oxidation sites excluding steroid dienone is 6. The summed E-state index contributed by atoms with van der Waals surface area (Å²) in [6, 6.07) is 0. The zero-order valence-electron chi connectivity index (χ0n) is 34.0. The number of likely N-dealkylation sites (N-methyl/N-ethyl adjacent to an activating group) is 1. The maximum absolute atomic E-state index is 12.6. The average Bonchev–Trinajstić information content (AvgIpc) is 3.09. The normalized spacial score (nSPS) is 14.0. The fourth-order valence-electron chi connectivity index (χ4n) is 5.37. The van der Waals surface area contributed by atoms with Crippen molar-refractivity contribution in [3.63, 3.8) is 0 Å². The van der Waals surface area contributed by atoms with Gasteiger partial charge in [-0.1, -0.05) is 140 Å². The van der Waals surface area contributed by atoms with Crippen LogP contribution in [0.2, 0.25) is 0 Å². The summed E-state index contributed by atoms with van der Waals surface area (Å²) in [4.78, 5) is 37.4. The van der Waals surface area contributed by atoms with E-state index in [9.17, 15) is 19.0 Å². The summed E-state index contributed by atoms with van der Waals surface area (Å²) >= 11 is 0. The summed E-state index contributed by atoms with van der Waals surface area (Å²) in [5, 5.41) is 0. The van der Waals surface area contributed by atoms with Gasteiger partial charge in [0, 0.05) is 12.8 Å². The molecule has 0 aromatic carbocycles. The lowest BCUT2D eigenvalue weighted by Crippen LogP contribution is -2.37. The largest absolute Gasteiger partial charge is 0.756 e. The van der Waals surface area contributed by atoms with E-state index in [2.05, 4.69) is 50.3 Å². The van der Waals surface area contributed by atoms with E-state index in [1.807, 2.05) is 21.1 Å². The molecule has 0 heterocycles. The summed E-state index contributed by atoms with van der Waals surface area (Å²) in [5.74, 6) is -0.878. The van der Waals surface area contributed by atoms with E-state index >= 15 is 0 Å². The lowest BCUT2D eigenvalue weighted by atomic mass is 10.0. The minimum Gasteiger partial charge on any atom is -0.756 e. The van der Waals surface area contributed by atoms with E-state index in [-0.39, 0.29) is 26.1 Å². The Morgan fingerprint density at radius 3 is 1.58 bits per heavy atom. The third-order valence-electron chi connectivity index (χ3n) is 8.66. The molecule has 0 aromatic rings. The van der Waals surface area contributed by atoms with Crippen LogP contribution in [-0.2, 0) is 32.7 Å². The van der Waals surface area contributed by atoms with Gasteiger partial charge in [-0.3, -0.25) is 14.2 Å². The van der Waals surface area contributed by atoms with Gasteiger partial charge in [0.15, 0.2) is 6.10 Å². The van der Waals surface area contributed by atoms with Crippen molar-refractivity contribution in [3.8, 4) is 0 Å². The number of rotatable bonds is 37. The van der Waals surface area contributed by atoms with Crippen LogP contribution in [0.5, 0.6) is 0 Å². The number of carbonyl (C=O) groups is 2. The number of nitrogens with zero attached hydrogens (tertiary/aromatic N) is 1. The Labute approximate surface area is 319 Å². The Morgan fingerprint density at radius 1 is 0.596 bits per heavy atom. The third kappa shape index (κ3) is 38.0. The molecule has 0 rings (SSSR count). The fourth-order valence-corrected chi connectivity index (χ4v) is 6.09. The number of phosphoric ester groups is 1. The number of ether oxygens (including phenoxy) is 2. The number of hydrogen-bond acceptors (Lipinski definition) is 8. The molecule has 2 atom stereocenters. The summed E-state index contributed by atoms with van der Waals surface area (Å²) in [7, 11) is 1.14. The molecule has 2 unspecified atom stereocenters. The minimum absolute atomic E-state index is 0.0376. The molecule has 0 bridgehead atoms. The van der Waals surface area contributed by atoms with Crippen LogP contribution in [-0.4, -0.2) is 70.0 Å². The van der Waals surface area contributed by atoms with Gasteiger partial charge in [0.05, 0.1) is 27.7 Å². The summed E-state index contributed by atoms with van der Waals surface area (Å²) in [6.45, 7) is 4.14. The van der Waals surface area contributed by atoms with Gasteiger partial charge in [-0.05, 0) is 51.4 Å². The van der Waals surface area contributed by atoms with Gasteiger partial charge in [0.1, 0.15) is 19.8 Å². The van der Waals surface area contributed by atoms with Crippen LogP contribution < -0.4 is 4.89 Å². The first kappa shape index (κ1) is 50.2. The van der Waals surface area contributed by atoms with Crippen molar-refractivity contribution < 1.29 is 42.1 Å². The molecule has 10 heteroatoms. The number of quaternary nitrogens is 1. The highest BCUT2D eigenvalue weighted by Gasteiger charge is 2.21. The van der Waals surface area contributed by atoms with Gasteiger partial charge in [-0.25, -0.2) is 0 Å². The van der Waals surface area contributed by atoms with Crippen molar-refractivity contribution in [2.24, 2.45) is 0 Å². The Balaban J connectivity index is 4.47. The summed E-state index contributed by atoms with van der Waals surface area (Å²) < 4.78 is 33.8. The highest BCUT2D eigenvalue weighted by Crippen LogP contribution is 2.38. The number of esters is 2. The van der Waals surface area contributed by atoms with Crippen molar-refractivity contribution in [2.45, 2.75) is 174 Å². The molecular weight excluding hydrogens is 677 g/mol. The van der Waals surface area contributed by atoms with Gasteiger partial charge in [-0.2, -0.15) is 0 Å². The lowest BCUT2D eigenvalue weighted by molar-refractivity contribution is -0.870. The maximum atomic E-state index is 12.6. The first-order chi connectivity index (χ1) is 25.0. The van der Waals surface area contributed by atoms with Gasteiger partial charge < -0.3 is 27.9 Å². The quantitative estimate of drug-likeness (QED) is 0.0203. The number of hydrogen-bond donors (Lipinski definition) is 0. The van der Waals surface area contributed by atoms with Crippen LogP contribution in [0, 0.1) is 0 Å². The highest BCUT2D eigenvalue weighted by atomic mass is 31.2. The molecule has 0 spiro atoms. The van der Waals surface area contributed by atoms with Crippen molar-refractivity contribution in [2.75, 3.05) is 47.5 Å². The molecule has 0 radical (unpaired) electrons. The predicted octanol–water partition coefficient (Wildman–Crippen LogP) is 10.7. The minimum atomic E-state index is -4.63. The monoisotopic (exact) mass is 756 g/mol. The van der Waals surface area contributed by atoms with Crippen LogP contribution in [0.3, 0.4) is 0 Å². The van der Waals surface area contributed by atoms with E-state index < -0.39 is 32.5 Å². The molecule has 0 saturated carbocycles. The molecule has 52 heavy (non-hydrogen) atoms. The van der Waals surface area contributed by atoms with Crippen LogP contribution in [0.1, 0.15) is 168 Å². The number of unbranched alkanes of at least 4 members (excludes halogenated alkanes) is 17. The molecule has 0 saturated heterocycles. The van der Waals surface area contributed by atoms with Crippen molar-refractivity contribution in [1.82, 2.24) is 0 Å². The zero-order valence-corrected chi connectivity index (χ0v) is 34.9. The second kappa shape index (κ2) is 35.0. The Kier molecular flexibility index (Phi) is 33.8. The highest BCUT2D eigenvalue weighted by molar-refractivity contribution is 7.45. The van der Waals surface area contributed by atoms with Gasteiger partial charge in [0.25, 0.3) is 7.82 Å². The van der Waals surface area contributed by atoms with Crippen molar-refractivity contribution >= 4 is 19.8 Å². The van der Waals surface area contributed by atoms with Crippen molar-refractivity contribution in [3.05, 3.63) is 36.5 Å². The maximum Gasteiger partial charge on any atom is 0.306 e. The average molecular weight is 756 g/mol. The Bertz CT molecular complexity index is 991. The lowest BCUT2D eigenvalue weighted by Gasteiger charge is -2.28. The number of phosphoric acid groups is 1. The van der Waals surface area contributed by atoms with Gasteiger partial charge >= 0.3 is 11.9 Å². The van der Waals surface area contributed by atoms with E-state index in [1.165, 1.54) is 83.5 Å². The summed E-state index contributed by atoms with van der Waals surface area (Å²) in [6.07, 6.45) is 37.4. The SMILES string of the molecule is CCCCC/C=C\C/C=C\C/C=C\CCCCC(=O)OC(COC(=O)CCCCCCCCCCCCCCC)COP(=O)([O-])OCC[N+](C)(C)C. The molecule has 0 aliphatic rings. The fraction of sp³-hybridized carbons (Fsp3) is 0.810. The number of carbonyl (C=O) groups excluding carboxylic acids is 2. The zero-order chi connectivity index (χ0) is 38.6. The molecule has 0 aliphatic heterocycles. The smallest absolute Gasteiger partial charge is 0.306 e. The second-order valence-corrected chi connectivity index (χ2v) is 16.4. The van der Waals surface area contributed by atoms with Crippen LogP contribution in [0.4, 0.5) is 0 Å².